The maximum absolute atomic E-state index is 5.56. The van der Waals surface area contributed by atoms with Crippen molar-refractivity contribution in [3.63, 3.8) is 0 Å². The van der Waals surface area contributed by atoms with E-state index in [1.165, 1.54) is 22.4 Å². The van der Waals surface area contributed by atoms with E-state index in [-0.39, 0.29) is 0 Å². The molecule has 0 bridgehead atoms. The summed E-state index contributed by atoms with van der Waals surface area (Å²) in [5.74, 6) is 0. The van der Waals surface area contributed by atoms with E-state index in [2.05, 4.69) is 51.8 Å². The van der Waals surface area contributed by atoms with Gasteiger partial charge in [0.15, 0.2) is 0 Å². The molecule has 27 heavy (non-hydrogen) atoms. The Balaban J connectivity index is 1.60. The van der Waals surface area contributed by atoms with E-state index in [1.54, 1.807) is 0 Å². The van der Waals surface area contributed by atoms with Crippen LogP contribution >= 0.6 is 0 Å². The molecule has 4 heteroatoms. The van der Waals surface area contributed by atoms with Gasteiger partial charge >= 0.3 is 0 Å². The summed E-state index contributed by atoms with van der Waals surface area (Å²) in [6.45, 7) is 3.44. The summed E-state index contributed by atoms with van der Waals surface area (Å²) in [7, 11) is 0. The van der Waals surface area contributed by atoms with Crippen molar-refractivity contribution in [1.29, 1.82) is 0 Å². The third-order valence-corrected chi connectivity index (χ3v) is 4.93. The van der Waals surface area contributed by atoms with Crippen molar-refractivity contribution in [2.45, 2.75) is 12.8 Å². The first-order valence-electron chi connectivity index (χ1n) is 9.56. The van der Waals surface area contributed by atoms with Crippen molar-refractivity contribution >= 4 is 18.0 Å². The minimum absolute atomic E-state index is 0.787. The minimum Gasteiger partial charge on any atom is -0.378 e. The van der Waals surface area contributed by atoms with Gasteiger partial charge in [-0.1, -0.05) is 48.5 Å². The number of rotatable bonds is 5. The van der Waals surface area contributed by atoms with Gasteiger partial charge in [-0.05, 0) is 47.8 Å². The normalized spacial score (nSPS) is 19.3. The highest BCUT2D eigenvalue weighted by Gasteiger charge is 2.25. The van der Waals surface area contributed by atoms with E-state index < -0.39 is 0 Å². The first-order chi connectivity index (χ1) is 13.4. The molecule has 1 aliphatic heterocycles. The lowest BCUT2D eigenvalue weighted by atomic mass is 10.1. The average Bonchev–Trinajstić information content (AvgIpc) is 3.12. The molecule has 1 heterocycles. The molecular weight excluding hydrogens is 334 g/mol. The Kier molecular flexibility index (Phi) is 5.65. The molecule has 0 saturated carbocycles. The zero-order valence-corrected chi connectivity index (χ0v) is 15.5. The number of hydrazone groups is 1. The van der Waals surface area contributed by atoms with Gasteiger partial charge in [0.05, 0.1) is 25.1 Å². The van der Waals surface area contributed by atoms with Crippen molar-refractivity contribution in [3.05, 3.63) is 83.1 Å². The lowest BCUT2D eigenvalue weighted by Gasteiger charge is -2.31. The zero-order valence-electron chi connectivity index (χ0n) is 15.5. The quantitative estimate of drug-likeness (QED) is 0.629. The molecule has 0 aromatic heterocycles. The van der Waals surface area contributed by atoms with Gasteiger partial charge in [-0.25, -0.2) is 0 Å². The summed E-state index contributed by atoms with van der Waals surface area (Å²) >= 11 is 0. The highest BCUT2D eigenvalue weighted by atomic mass is 16.5. The molecule has 0 atom stereocenters. The molecule has 0 radical (unpaired) electrons. The Labute approximate surface area is 160 Å². The summed E-state index contributed by atoms with van der Waals surface area (Å²) in [6.07, 6.45) is 6.37. The molecule has 138 valence electrons. The number of hydrogen-bond acceptors (Lipinski definition) is 4. The van der Waals surface area contributed by atoms with E-state index in [1.807, 2.05) is 36.5 Å². The van der Waals surface area contributed by atoms with Gasteiger partial charge in [0.25, 0.3) is 0 Å². The Morgan fingerprint density at radius 3 is 2.33 bits per heavy atom. The number of allylic oxidation sites excluding steroid dienone is 2. The summed E-state index contributed by atoms with van der Waals surface area (Å²) in [5, 5.41) is 4.49. The molecule has 0 spiro atoms. The molecule has 1 fully saturated rings. The Morgan fingerprint density at radius 1 is 0.889 bits per heavy atom. The SMILES string of the molecule is C(=N\Nc1ccccc1)/C1=C(N2CCOCC2)C(=C/c2ccccc2)/CC1. The second-order valence-electron chi connectivity index (χ2n) is 6.79. The monoisotopic (exact) mass is 359 g/mol. The van der Waals surface area contributed by atoms with E-state index >= 15 is 0 Å². The fourth-order valence-electron chi connectivity index (χ4n) is 3.62. The molecule has 4 rings (SSSR count). The number of hydrogen-bond donors (Lipinski definition) is 1. The third-order valence-electron chi connectivity index (χ3n) is 4.93. The van der Waals surface area contributed by atoms with Crippen molar-refractivity contribution in [3.8, 4) is 0 Å². The Hall–Kier alpha value is -2.85. The van der Waals surface area contributed by atoms with Crippen molar-refractivity contribution in [2.24, 2.45) is 5.10 Å². The fourth-order valence-corrected chi connectivity index (χ4v) is 3.62. The number of benzene rings is 2. The average molecular weight is 359 g/mol. The topological polar surface area (TPSA) is 36.9 Å². The number of ether oxygens (including phenoxy) is 1. The molecule has 4 nitrogen and oxygen atoms in total. The van der Waals surface area contributed by atoms with Crippen molar-refractivity contribution in [1.82, 2.24) is 4.90 Å². The van der Waals surface area contributed by atoms with Crippen LogP contribution in [0.3, 0.4) is 0 Å². The Morgan fingerprint density at radius 2 is 1.59 bits per heavy atom. The number of nitrogens with zero attached hydrogens (tertiary/aromatic N) is 2. The molecule has 1 aliphatic carbocycles. The molecule has 2 aliphatic rings. The van der Waals surface area contributed by atoms with Gasteiger partial charge in [-0.2, -0.15) is 5.10 Å². The lowest BCUT2D eigenvalue weighted by Crippen LogP contribution is -2.36. The van der Waals surface area contributed by atoms with Crippen LogP contribution < -0.4 is 5.43 Å². The van der Waals surface area contributed by atoms with Crippen molar-refractivity contribution < 1.29 is 4.74 Å². The molecule has 1 N–H and O–H groups in total. The van der Waals surface area contributed by atoms with Gasteiger partial charge < -0.3 is 9.64 Å². The molecule has 1 saturated heterocycles. The minimum atomic E-state index is 0.787. The smallest absolute Gasteiger partial charge is 0.0642 e. The van der Waals surface area contributed by atoms with Crippen molar-refractivity contribution in [2.75, 3.05) is 31.7 Å². The highest BCUT2D eigenvalue weighted by Crippen LogP contribution is 2.35. The first-order valence-corrected chi connectivity index (χ1v) is 9.56. The van der Waals surface area contributed by atoms with Gasteiger partial charge in [0.2, 0.25) is 0 Å². The molecular formula is C23H25N3O. The zero-order chi connectivity index (χ0) is 18.3. The fraction of sp³-hybridized carbons (Fsp3) is 0.261. The van der Waals surface area contributed by atoms with Crippen LogP contribution in [0.5, 0.6) is 0 Å². The van der Waals surface area contributed by atoms with E-state index in [9.17, 15) is 0 Å². The molecule has 0 unspecified atom stereocenters. The van der Waals surface area contributed by atoms with E-state index in [0.29, 0.717) is 0 Å². The highest BCUT2D eigenvalue weighted by molar-refractivity contribution is 5.84. The largest absolute Gasteiger partial charge is 0.378 e. The van der Waals surface area contributed by atoms with E-state index in [4.69, 9.17) is 4.74 Å². The lowest BCUT2D eigenvalue weighted by molar-refractivity contribution is 0.0548. The summed E-state index contributed by atoms with van der Waals surface area (Å²) in [5.41, 5.74) is 9.40. The van der Waals surface area contributed by atoms with Crippen LogP contribution in [0, 0.1) is 0 Å². The van der Waals surface area contributed by atoms with Crippen LogP contribution in [0.15, 0.2) is 82.6 Å². The Bertz CT molecular complexity index is 834. The number of morpholine rings is 1. The number of para-hydroxylation sites is 1. The van der Waals surface area contributed by atoms with Crippen LogP contribution in [0.4, 0.5) is 5.69 Å². The van der Waals surface area contributed by atoms with Gasteiger partial charge in [-0.3, -0.25) is 5.43 Å². The number of anilines is 1. The predicted octanol–water partition coefficient (Wildman–Crippen LogP) is 4.55. The van der Waals surface area contributed by atoms with E-state index in [0.717, 1.165) is 44.8 Å². The maximum Gasteiger partial charge on any atom is 0.0642 e. The molecule has 2 aromatic rings. The third kappa shape index (κ3) is 4.47. The van der Waals surface area contributed by atoms with Crippen LogP contribution in [0.25, 0.3) is 6.08 Å². The second-order valence-corrected chi connectivity index (χ2v) is 6.79. The van der Waals surface area contributed by atoms with Gasteiger partial charge in [0, 0.05) is 18.8 Å². The molecule has 2 aromatic carbocycles. The first kappa shape index (κ1) is 17.6. The maximum atomic E-state index is 5.56. The van der Waals surface area contributed by atoms with Crippen LogP contribution in [0.2, 0.25) is 0 Å². The van der Waals surface area contributed by atoms with Crippen LogP contribution in [-0.4, -0.2) is 37.4 Å². The van der Waals surface area contributed by atoms with Gasteiger partial charge in [0.1, 0.15) is 0 Å². The second kappa shape index (κ2) is 8.69. The summed E-state index contributed by atoms with van der Waals surface area (Å²) < 4.78 is 5.56. The van der Waals surface area contributed by atoms with Crippen LogP contribution in [-0.2, 0) is 4.74 Å². The predicted molar refractivity (Wildman–Crippen MR) is 112 cm³/mol. The summed E-state index contributed by atoms with van der Waals surface area (Å²) in [4.78, 5) is 2.45. The number of nitrogens with one attached hydrogen (secondary N) is 1. The summed E-state index contributed by atoms with van der Waals surface area (Å²) in [6, 6.07) is 20.6. The van der Waals surface area contributed by atoms with Crippen LogP contribution in [0.1, 0.15) is 18.4 Å². The van der Waals surface area contributed by atoms with Gasteiger partial charge in [-0.15, -0.1) is 0 Å². The standard InChI is InChI=1S/C23H25N3O/c1-3-7-19(8-4-1)17-20-11-12-21(23(20)26-13-15-27-16-14-26)18-24-25-22-9-5-2-6-10-22/h1-10,17-18,25H,11-16H2/b20-17+,24-18+. The molecule has 0 amide bonds.